The van der Waals surface area contributed by atoms with Crippen molar-refractivity contribution in [3.05, 3.63) is 23.2 Å². The van der Waals surface area contributed by atoms with Crippen molar-refractivity contribution in [2.75, 3.05) is 7.11 Å². The summed E-state index contributed by atoms with van der Waals surface area (Å²) in [6, 6.07) is 4.96. The molecule has 15 heavy (non-hydrogen) atoms. The van der Waals surface area contributed by atoms with Gasteiger partial charge in [0.15, 0.2) is 6.23 Å². The quantitative estimate of drug-likeness (QED) is 0.769. The summed E-state index contributed by atoms with van der Waals surface area (Å²) in [5, 5.41) is 9.55. The molecule has 0 aliphatic rings. The van der Waals surface area contributed by atoms with E-state index in [0.717, 1.165) is 0 Å². The molecule has 1 aromatic rings. The lowest BCUT2D eigenvalue weighted by Gasteiger charge is -2.17. The Bertz CT molecular complexity index is 330. The zero-order valence-corrected chi connectivity index (χ0v) is 9.36. The van der Waals surface area contributed by atoms with Crippen LogP contribution in [0.3, 0.4) is 0 Å². The summed E-state index contributed by atoms with van der Waals surface area (Å²) in [7, 11) is 1.55. The number of halogens is 1. The maximum Gasteiger partial charge on any atom is 0.173 e. The van der Waals surface area contributed by atoms with Gasteiger partial charge in [0.05, 0.1) is 12.1 Å². The van der Waals surface area contributed by atoms with Gasteiger partial charge in [0, 0.05) is 6.07 Å². The lowest BCUT2D eigenvalue weighted by Crippen LogP contribution is -2.37. The van der Waals surface area contributed by atoms with Crippen molar-refractivity contribution in [3.8, 4) is 11.5 Å². The molecule has 3 N–H and O–H groups in total. The van der Waals surface area contributed by atoms with Gasteiger partial charge in [-0.25, -0.2) is 0 Å². The van der Waals surface area contributed by atoms with Crippen LogP contribution in [0.4, 0.5) is 0 Å². The Kier molecular flexibility index (Phi) is 4.20. The smallest absolute Gasteiger partial charge is 0.173 e. The second-order valence-corrected chi connectivity index (χ2v) is 3.53. The van der Waals surface area contributed by atoms with Crippen molar-refractivity contribution in [1.82, 2.24) is 0 Å². The lowest BCUT2D eigenvalue weighted by atomic mass is 10.3. The SMILES string of the molecule is COc1ccc(OC(N)C(C)O)c(Cl)c1. The first-order valence-electron chi connectivity index (χ1n) is 4.48. The van der Waals surface area contributed by atoms with E-state index < -0.39 is 12.3 Å². The molecule has 0 aromatic heterocycles. The van der Waals surface area contributed by atoms with E-state index >= 15 is 0 Å². The van der Waals surface area contributed by atoms with E-state index in [1.807, 2.05) is 0 Å². The fourth-order valence-corrected chi connectivity index (χ4v) is 1.16. The molecular weight excluding hydrogens is 218 g/mol. The summed E-state index contributed by atoms with van der Waals surface area (Å²) in [5.74, 6) is 1.06. The van der Waals surface area contributed by atoms with Crippen LogP contribution in [-0.2, 0) is 0 Å². The van der Waals surface area contributed by atoms with Crippen molar-refractivity contribution < 1.29 is 14.6 Å². The Morgan fingerprint density at radius 2 is 2.13 bits per heavy atom. The number of hydrogen-bond acceptors (Lipinski definition) is 4. The maximum absolute atomic E-state index is 9.16. The molecule has 0 spiro atoms. The second kappa shape index (κ2) is 5.21. The molecule has 4 nitrogen and oxygen atoms in total. The van der Waals surface area contributed by atoms with Crippen LogP contribution in [0.2, 0.25) is 5.02 Å². The van der Waals surface area contributed by atoms with Gasteiger partial charge in [0.25, 0.3) is 0 Å². The zero-order valence-electron chi connectivity index (χ0n) is 8.61. The fraction of sp³-hybridized carbons (Fsp3) is 0.400. The highest BCUT2D eigenvalue weighted by Gasteiger charge is 2.13. The van der Waals surface area contributed by atoms with Crippen LogP contribution in [0.15, 0.2) is 18.2 Å². The molecule has 0 heterocycles. The Hall–Kier alpha value is -0.970. The molecule has 1 aromatic carbocycles. The molecule has 0 saturated carbocycles. The van der Waals surface area contributed by atoms with Gasteiger partial charge >= 0.3 is 0 Å². The number of aliphatic hydroxyl groups excluding tert-OH is 1. The van der Waals surface area contributed by atoms with Crippen molar-refractivity contribution in [1.29, 1.82) is 0 Å². The first-order valence-corrected chi connectivity index (χ1v) is 4.86. The van der Waals surface area contributed by atoms with E-state index in [0.29, 0.717) is 16.5 Å². The van der Waals surface area contributed by atoms with E-state index in [4.69, 9.17) is 31.9 Å². The van der Waals surface area contributed by atoms with Gasteiger partial charge in [0.1, 0.15) is 17.6 Å². The van der Waals surface area contributed by atoms with Crippen molar-refractivity contribution >= 4 is 11.6 Å². The molecule has 0 amide bonds. The average Bonchev–Trinajstić information content (AvgIpc) is 2.20. The number of methoxy groups -OCH3 is 1. The molecule has 0 saturated heterocycles. The van der Waals surface area contributed by atoms with Gasteiger partial charge in [-0.3, -0.25) is 5.73 Å². The number of hydrogen-bond donors (Lipinski definition) is 2. The normalized spacial score (nSPS) is 14.5. The van der Waals surface area contributed by atoms with Gasteiger partial charge < -0.3 is 14.6 Å². The van der Waals surface area contributed by atoms with Crippen LogP contribution >= 0.6 is 11.6 Å². The molecule has 5 heteroatoms. The maximum atomic E-state index is 9.16. The van der Waals surface area contributed by atoms with Gasteiger partial charge in [-0.1, -0.05) is 11.6 Å². The number of rotatable bonds is 4. The topological polar surface area (TPSA) is 64.7 Å². The Labute approximate surface area is 93.6 Å². The number of benzene rings is 1. The number of aliphatic hydroxyl groups is 1. The van der Waals surface area contributed by atoms with Gasteiger partial charge in [-0.2, -0.15) is 0 Å². The summed E-state index contributed by atoms with van der Waals surface area (Å²) in [6.07, 6.45) is -1.56. The molecule has 0 fully saturated rings. The lowest BCUT2D eigenvalue weighted by molar-refractivity contribution is 0.0529. The van der Waals surface area contributed by atoms with E-state index in [-0.39, 0.29) is 0 Å². The van der Waals surface area contributed by atoms with Crippen LogP contribution in [0.5, 0.6) is 11.5 Å². The molecule has 0 bridgehead atoms. The summed E-state index contributed by atoms with van der Waals surface area (Å²) < 4.78 is 10.2. The average molecular weight is 232 g/mol. The molecule has 0 radical (unpaired) electrons. The van der Waals surface area contributed by atoms with Crippen LogP contribution < -0.4 is 15.2 Å². The van der Waals surface area contributed by atoms with Crippen molar-refractivity contribution in [2.45, 2.75) is 19.3 Å². The molecule has 1 rings (SSSR count). The van der Waals surface area contributed by atoms with Gasteiger partial charge in [-0.05, 0) is 19.1 Å². The molecule has 84 valence electrons. The highest BCUT2D eigenvalue weighted by Crippen LogP contribution is 2.29. The standard InChI is InChI=1S/C10H14ClNO3/c1-6(13)10(12)15-9-4-3-7(14-2)5-8(9)11/h3-6,10,13H,12H2,1-2H3. The van der Waals surface area contributed by atoms with E-state index in [1.165, 1.54) is 0 Å². The first kappa shape index (κ1) is 12.1. The first-order chi connectivity index (χ1) is 7.04. The molecule has 0 aliphatic carbocycles. The Balaban J connectivity index is 2.78. The minimum atomic E-state index is -0.795. The summed E-state index contributed by atoms with van der Waals surface area (Å²) in [5.41, 5.74) is 5.53. The minimum Gasteiger partial charge on any atom is -0.497 e. The van der Waals surface area contributed by atoms with Crippen LogP contribution in [0.1, 0.15) is 6.92 Å². The predicted molar refractivity (Wildman–Crippen MR) is 58.3 cm³/mol. The Morgan fingerprint density at radius 3 is 2.60 bits per heavy atom. The van der Waals surface area contributed by atoms with Crippen molar-refractivity contribution in [3.63, 3.8) is 0 Å². The van der Waals surface area contributed by atoms with Crippen molar-refractivity contribution in [2.24, 2.45) is 5.73 Å². The fourth-order valence-electron chi connectivity index (χ4n) is 0.949. The largest absolute Gasteiger partial charge is 0.497 e. The highest BCUT2D eigenvalue weighted by atomic mass is 35.5. The predicted octanol–water partition coefficient (Wildman–Crippen LogP) is 1.39. The van der Waals surface area contributed by atoms with E-state index in [9.17, 15) is 0 Å². The minimum absolute atomic E-state index is 0.394. The number of ether oxygens (including phenoxy) is 2. The van der Waals surface area contributed by atoms with E-state index in [2.05, 4.69) is 0 Å². The van der Waals surface area contributed by atoms with Crippen LogP contribution in [0.25, 0.3) is 0 Å². The third kappa shape index (κ3) is 3.27. The third-order valence-corrected chi connectivity index (χ3v) is 2.17. The molecular formula is C10H14ClNO3. The highest BCUT2D eigenvalue weighted by molar-refractivity contribution is 6.32. The molecule has 0 aliphatic heterocycles. The monoisotopic (exact) mass is 231 g/mol. The van der Waals surface area contributed by atoms with Crippen LogP contribution in [-0.4, -0.2) is 24.5 Å². The zero-order chi connectivity index (χ0) is 11.4. The number of nitrogens with two attached hydrogens (primary N) is 1. The van der Waals surface area contributed by atoms with E-state index in [1.54, 1.807) is 32.2 Å². The second-order valence-electron chi connectivity index (χ2n) is 3.12. The third-order valence-electron chi connectivity index (χ3n) is 1.88. The molecule has 2 atom stereocenters. The Morgan fingerprint density at radius 1 is 1.47 bits per heavy atom. The molecule has 2 unspecified atom stereocenters. The van der Waals surface area contributed by atoms with Gasteiger partial charge in [-0.15, -0.1) is 0 Å². The summed E-state index contributed by atoms with van der Waals surface area (Å²) in [6.45, 7) is 1.54. The van der Waals surface area contributed by atoms with Gasteiger partial charge in [0.2, 0.25) is 0 Å². The summed E-state index contributed by atoms with van der Waals surface area (Å²) in [4.78, 5) is 0. The van der Waals surface area contributed by atoms with Crippen LogP contribution in [0, 0.1) is 0 Å². The summed E-state index contributed by atoms with van der Waals surface area (Å²) >= 11 is 5.91.